The van der Waals surface area contributed by atoms with Crippen molar-refractivity contribution in [3.8, 4) is 0 Å². The number of rotatable bonds is 1. The Morgan fingerprint density at radius 1 is 1.90 bits per heavy atom. The van der Waals surface area contributed by atoms with Crippen molar-refractivity contribution in [3.05, 3.63) is 23.8 Å². The highest BCUT2D eigenvalue weighted by atomic mass is 35.5. The van der Waals surface area contributed by atoms with Crippen LogP contribution in [0.25, 0.3) is 5.95 Å². The molecule has 2 nitrogen and oxygen atoms in total. The lowest BCUT2D eigenvalue weighted by Gasteiger charge is -1.96. The molecule has 0 radical (unpaired) electrons. The van der Waals surface area contributed by atoms with Gasteiger partial charge in [0, 0.05) is 12.4 Å². The molecule has 0 N–H and O–H groups in total. The van der Waals surface area contributed by atoms with Gasteiger partial charge < -0.3 is 0 Å². The number of hydrogen-bond donors (Lipinski definition) is 0. The van der Waals surface area contributed by atoms with Crippen molar-refractivity contribution in [2.24, 2.45) is 0 Å². The molecule has 1 aromatic rings. The van der Waals surface area contributed by atoms with E-state index in [-0.39, 0.29) is 0 Å². The van der Waals surface area contributed by atoms with Gasteiger partial charge in [-0.1, -0.05) is 11.6 Å². The number of nitrogens with zero attached hydrogens (tertiary/aromatic N) is 2. The molecule has 0 aliphatic rings. The standard InChI is InChI=1S/C6H6ClFN2/c1-5-9-2-3-10(5)6(8)4-7/h2-4H,1H3/b6-4-. The van der Waals surface area contributed by atoms with Crippen molar-refractivity contribution < 1.29 is 4.39 Å². The Labute approximate surface area is 62.9 Å². The summed E-state index contributed by atoms with van der Waals surface area (Å²) in [5.74, 6) is 0.0612. The maximum absolute atomic E-state index is 12.6. The van der Waals surface area contributed by atoms with E-state index < -0.39 is 5.95 Å². The first-order chi connectivity index (χ1) is 4.75. The Balaban J connectivity index is 3.05. The van der Waals surface area contributed by atoms with Gasteiger partial charge in [0.2, 0.25) is 5.95 Å². The Morgan fingerprint density at radius 3 is 3.00 bits per heavy atom. The summed E-state index contributed by atoms with van der Waals surface area (Å²) in [6, 6.07) is 0. The largest absolute Gasteiger partial charge is 0.279 e. The van der Waals surface area contributed by atoms with Crippen LogP contribution >= 0.6 is 11.6 Å². The Kier molecular flexibility index (Phi) is 2.06. The fourth-order valence-electron chi connectivity index (χ4n) is 0.656. The molecular formula is C6H6ClFN2. The second-order valence-corrected chi connectivity index (χ2v) is 1.99. The summed E-state index contributed by atoms with van der Waals surface area (Å²) in [7, 11) is 0. The molecule has 0 bridgehead atoms. The zero-order valence-electron chi connectivity index (χ0n) is 5.38. The van der Waals surface area contributed by atoms with Crippen molar-refractivity contribution >= 4 is 17.6 Å². The van der Waals surface area contributed by atoms with Gasteiger partial charge >= 0.3 is 0 Å². The number of aryl methyl sites for hydroxylation is 1. The van der Waals surface area contributed by atoms with Gasteiger partial charge in [-0.25, -0.2) is 4.98 Å². The molecule has 0 aliphatic heterocycles. The summed E-state index contributed by atoms with van der Waals surface area (Å²) in [5, 5.41) is 0. The average molecular weight is 161 g/mol. The lowest BCUT2D eigenvalue weighted by Crippen LogP contribution is -1.92. The van der Waals surface area contributed by atoms with E-state index in [9.17, 15) is 4.39 Å². The molecule has 0 unspecified atom stereocenters. The molecule has 0 aromatic carbocycles. The third kappa shape index (κ3) is 1.19. The monoisotopic (exact) mass is 160 g/mol. The maximum atomic E-state index is 12.6. The van der Waals surface area contributed by atoms with Crippen LogP contribution in [0.5, 0.6) is 0 Å². The fraction of sp³-hybridized carbons (Fsp3) is 0.167. The van der Waals surface area contributed by atoms with E-state index >= 15 is 0 Å². The smallest absolute Gasteiger partial charge is 0.210 e. The molecule has 1 rings (SSSR count). The van der Waals surface area contributed by atoms with Gasteiger partial charge in [0.05, 0.1) is 5.54 Å². The summed E-state index contributed by atoms with van der Waals surface area (Å²) < 4.78 is 13.9. The minimum absolute atomic E-state index is 0.517. The molecule has 4 heteroatoms. The third-order valence-electron chi connectivity index (χ3n) is 1.15. The Hall–Kier alpha value is -0.830. The molecule has 0 fully saturated rings. The minimum Gasteiger partial charge on any atom is -0.279 e. The molecule has 10 heavy (non-hydrogen) atoms. The van der Waals surface area contributed by atoms with Crippen molar-refractivity contribution in [1.82, 2.24) is 9.55 Å². The summed E-state index contributed by atoms with van der Waals surface area (Å²) in [4.78, 5) is 3.81. The highest BCUT2D eigenvalue weighted by molar-refractivity contribution is 6.27. The van der Waals surface area contributed by atoms with Crippen LogP contribution in [0, 0.1) is 6.92 Å². The van der Waals surface area contributed by atoms with E-state index in [2.05, 4.69) is 4.98 Å². The van der Waals surface area contributed by atoms with Gasteiger partial charge in [-0.3, -0.25) is 4.57 Å². The van der Waals surface area contributed by atoms with Gasteiger partial charge in [0.15, 0.2) is 0 Å². The quantitative estimate of drug-likeness (QED) is 0.616. The van der Waals surface area contributed by atoms with Crippen LogP contribution in [0.2, 0.25) is 0 Å². The molecule has 1 heterocycles. The Bertz CT molecular complexity index is 254. The van der Waals surface area contributed by atoms with Crippen molar-refractivity contribution in [3.63, 3.8) is 0 Å². The molecule has 0 atom stereocenters. The molecule has 0 amide bonds. The number of aromatic nitrogens is 2. The summed E-state index contributed by atoms with van der Waals surface area (Å²) in [6.45, 7) is 1.69. The highest BCUT2D eigenvalue weighted by Crippen LogP contribution is 2.09. The van der Waals surface area contributed by atoms with E-state index in [1.165, 1.54) is 17.0 Å². The van der Waals surface area contributed by atoms with E-state index in [1.807, 2.05) is 0 Å². The second-order valence-electron chi connectivity index (χ2n) is 1.78. The van der Waals surface area contributed by atoms with Crippen molar-refractivity contribution in [1.29, 1.82) is 0 Å². The second kappa shape index (κ2) is 2.84. The fourth-order valence-corrected chi connectivity index (χ4v) is 0.761. The highest BCUT2D eigenvalue weighted by Gasteiger charge is 1.99. The van der Waals surface area contributed by atoms with Gasteiger partial charge in [-0.15, -0.1) is 0 Å². The number of hydrogen-bond acceptors (Lipinski definition) is 1. The lowest BCUT2D eigenvalue weighted by molar-refractivity contribution is 0.680. The number of imidazole rings is 1. The first-order valence-electron chi connectivity index (χ1n) is 2.72. The van der Waals surface area contributed by atoms with Crippen LogP contribution in [0.4, 0.5) is 4.39 Å². The van der Waals surface area contributed by atoms with Crippen molar-refractivity contribution in [2.75, 3.05) is 0 Å². The van der Waals surface area contributed by atoms with Crippen molar-refractivity contribution in [2.45, 2.75) is 6.92 Å². The van der Waals surface area contributed by atoms with Gasteiger partial charge in [-0.05, 0) is 6.92 Å². The normalized spacial score (nSPS) is 12.1. The summed E-state index contributed by atoms with van der Waals surface area (Å²) in [5.41, 5.74) is 0.870. The lowest BCUT2D eigenvalue weighted by atomic mass is 10.7. The molecule has 54 valence electrons. The molecular weight excluding hydrogens is 155 g/mol. The van der Waals surface area contributed by atoms with E-state index in [0.717, 1.165) is 5.54 Å². The van der Waals surface area contributed by atoms with Crippen LogP contribution in [-0.4, -0.2) is 9.55 Å². The molecule has 1 aromatic heterocycles. The maximum Gasteiger partial charge on any atom is 0.210 e. The van der Waals surface area contributed by atoms with Gasteiger partial charge in [-0.2, -0.15) is 4.39 Å². The first-order valence-corrected chi connectivity index (χ1v) is 3.15. The molecule has 0 saturated heterocycles. The van der Waals surface area contributed by atoms with Crippen LogP contribution in [0.1, 0.15) is 5.82 Å². The summed E-state index contributed by atoms with van der Waals surface area (Å²) in [6.07, 6.45) is 3.01. The van der Waals surface area contributed by atoms with Crippen LogP contribution in [-0.2, 0) is 0 Å². The Morgan fingerprint density at radius 2 is 2.60 bits per heavy atom. The average Bonchev–Trinajstić information content (AvgIpc) is 2.34. The van der Waals surface area contributed by atoms with Crippen LogP contribution < -0.4 is 0 Å². The number of halogens is 2. The first kappa shape index (κ1) is 7.28. The zero-order valence-corrected chi connectivity index (χ0v) is 6.14. The zero-order chi connectivity index (χ0) is 7.56. The van der Waals surface area contributed by atoms with Gasteiger partial charge in [0.1, 0.15) is 5.82 Å². The molecule has 0 spiro atoms. The van der Waals surface area contributed by atoms with E-state index in [4.69, 9.17) is 11.6 Å². The van der Waals surface area contributed by atoms with Crippen LogP contribution in [0.15, 0.2) is 17.9 Å². The van der Waals surface area contributed by atoms with Gasteiger partial charge in [0.25, 0.3) is 0 Å². The summed E-state index contributed by atoms with van der Waals surface area (Å²) >= 11 is 5.13. The minimum atomic E-state index is -0.517. The van der Waals surface area contributed by atoms with E-state index in [0.29, 0.717) is 5.82 Å². The topological polar surface area (TPSA) is 17.8 Å². The van der Waals surface area contributed by atoms with Crippen LogP contribution in [0.3, 0.4) is 0 Å². The molecule has 0 saturated carbocycles. The molecule has 0 aliphatic carbocycles. The SMILES string of the molecule is Cc1nccn1/C(F)=C\Cl. The predicted molar refractivity (Wildman–Crippen MR) is 38.2 cm³/mol. The third-order valence-corrected chi connectivity index (χ3v) is 1.33. The predicted octanol–water partition coefficient (Wildman–Crippen LogP) is 2.16. The van der Waals surface area contributed by atoms with E-state index in [1.54, 1.807) is 6.92 Å².